The van der Waals surface area contributed by atoms with Gasteiger partial charge in [-0.05, 0) is 44.7 Å². The summed E-state index contributed by atoms with van der Waals surface area (Å²) >= 11 is 6.59. The first-order valence-corrected chi connectivity index (χ1v) is 13.5. The van der Waals surface area contributed by atoms with E-state index in [1.807, 2.05) is 11.8 Å². The van der Waals surface area contributed by atoms with Crippen LogP contribution in [0.3, 0.4) is 0 Å². The van der Waals surface area contributed by atoms with Crippen LogP contribution in [0, 0.1) is 24.2 Å². The van der Waals surface area contributed by atoms with Crippen LogP contribution in [0.25, 0.3) is 6.08 Å². The lowest BCUT2D eigenvalue weighted by Gasteiger charge is -2.36. The van der Waals surface area contributed by atoms with Gasteiger partial charge in [0.05, 0.1) is 17.4 Å². The number of piperidine rings is 1. The number of esters is 1. The number of anilines is 1. The zero-order chi connectivity index (χ0) is 26.4. The van der Waals surface area contributed by atoms with Gasteiger partial charge in [0, 0.05) is 31.7 Å². The quantitative estimate of drug-likeness (QED) is 0.205. The molecule has 192 valence electrons. The summed E-state index contributed by atoms with van der Waals surface area (Å²) in [6.45, 7) is 11.3. The van der Waals surface area contributed by atoms with E-state index in [2.05, 4.69) is 12.6 Å². The number of carbonyl (C=O) groups is 2. The SMILES string of the molecule is C=CCN1C(=O)/C(=C/c2c(C)c(C#N)c(=O)n(CCCC)c2N2CCCC(C(=O)OCC)C2)SC1=S. The van der Waals surface area contributed by atoms with E-state index in [1.54, 1.807) is 30.6 Å². The van der Waals surface area contributed by atoms with Gasteiger partial charge < -0.3 is 9.64 Å². The van der Waals surface area contributed by atoms with Crippen molar-refractivity contribution in [1.29, 1.82) is 5.26 Å². The van der Waals surface area contributed by atoms with E-state index in [4.69, 9.17) is 17.0 Å². The van der Waals surface area contributed by atoms with Gasteiger partial charge >= 0.3 is 5.97 Å². The molecule has 2 aliphatic rings. The van der Waals surface area contributed by atoms with Crippen molar-refractivity contribution in [3.63, 3.8) is 0 Å². The van der Waals surface area contributed by atoms with Gasteiger partial charge in [-0.15, -0.1) is 6.58 Å². The van der Waals surface area contributed by atoms with Gasteiger partial charge in [-0.25, -0.2) is 0 Å². The summed E-state index contributed by atoms with van der Waals surface area (Å²) in [6.07, 6.45) is 6.43. The molecule has 2 aliphatic heterocycles. The number of pyridine rings is 1. The van der Waals surface area contributed by atoms with Crippen LogP contribution in [-0.2, 0) is 20.9 Å². The van der Waals surface area contributed by atoms with Crippen molar-refractivity contribution in [2.24, 2.45) is 5.92 Å². The van der Waals surface area contributed by atoms with E-state index >= 15 is 0 Å². The second-order valence-corrected chi connectivity index (χ2v) is 10.5. The molecule has 0 saturated carbocycles. The van der Waals surface area contributed by atoms with Crippen LogP contribution in [0.15, 0.2) is 22.4 Å². The number of thiocarbonyl (C=S) groups is 1. The standard InChI is InChI=1S/C26H32N4O4S2/c1-5-8-13-29-22(28-12-9-10-18(16-28)25(33)34-7-3)19(17(4)20(15-27)23(29)31)14-21-24(32)30(11-6-2)26(35)36-21/h6,14,18H,2,5,7-13,16H2,1,3-4H3/b21-14-. The molecule has 1 amide bonds. The number of thioether (sulfide) groups is 1. The Morgan fingerprint density at radius 3 is 2.75 bits per heavy atom. The van der Waals surface area contributed by atoms with Crippen molar-refractivity contribution in [3.8, 4) is 6.07 Å². The fourth-order valence-corrected chi connectivity index (χ4v) is 5.80. The Morgan fingerprint density at radius 1 is 1.36 bits per heavy atom. The van der Waals surface area contributed by atoms with Crippen LogP contribution in [0.2, 0.25) is 0 Å². The highest BCUT2D eigenvalue weighted by Crippen LogP contribution is 2.37. The third-order valence-electron chi connectivity index (χ3n) is 6.38. The number of nitriles is 1. The van der Waals surface area contributed by atoms with Gasteiger partial charge in [-0.1, -0.05) is 43.4 Å². The van der Waals surface area contributed by atoms with Crippen LogP contribution in [0.1, 0.15) is 56.2 Å². The van der Waals surface area contributed by atoms with Gasteiger partial charge in [0.25, 0.3) is 11.5 Å². The molecule has 1 aromatic heterocycles. The van der Waals surface area contributed by atoms with Gasteiger partial charge in [0.1, 0.15) is 21.8 Å². The molecule has 0 aliphatic carbocycles. The Labute approximate surface area is 221 Å². The summed E-state index contributed by atoms with van der Waals surface area (Å²) < 4.78 is 7.35. The average Bonchev–Trinajstić information content (AvgIpc) is 3.13. The van der Waals surface area contributed by atoms with Gasteiger partial charge in [-0.2, -0.15) is 5.26 Å². The second-order valence-electron chi connectivity index (χ2n) is 8.78. The third-order valence-corrected chi connectivity index (χ3v) is 7.76. The first kappa shape index (κ1) is 27.7. The molecule has 1 aromatic rings. The molecular weight excluding hydrogens is 496 g/mol. The van der Waals surface area contributed by atoms with Crippen molar-refractivity contribution in [3.05, 3.63) is 44.6 Å². The summed E-state index contributed by atoms with van der Waals surface area (Å²) in [5, 5.41) is 9.84. The normalized spacial score (nSPS) is 19.1. The summed E-state index contributed by atoms with van der Waals surface area (Å²) in [6, 6.07) is 2.07. The van der Waals surface area contributed by atoms with E-state index in [0.717, 1.165) is 19.3 Å². The van der Waals surface area contributed by atoms with Crippen molar-refractivity contribution in [1.82, 2.24) is 9.47 Å². The number of hydrogen-bond acceptors (Lipinski definition) is 8. The van der Waals surface area contributed by atoms with E-state index in [0.29, 0.717) is 65.4 Å². The highest BCUT2D eigenvalue weighted by molar-refractivity contribution is 8.26. The molecule has 0 aromatic carbocycles. The highest BCUT2D eigenvalue weighted by atomic mass is 32.2. The number of carbonyl (C=O) groups excluding carboxylic acids is 2. The van der Waals surface area contributed by atoms with Crippen LogP contribution in [0.5, 0.6) is 0 Å². The molecule has 1 unspecified atom stereocenters. The maximum atomic E-state index is 13.4. The van der Waals surface area contributed by atoms with Crippen molar-refractivity contribution >= 4 is 52.1 Å². The Balaban J connectivity index is 2.21. The van der Waals surface area contributed by atoms with E-state index in [9.17, 15) is 19.6 Å². The third kappa shape index (κ3) is 5.57. The van der Waals surface area contributed by atoms with E-state index in [1.165, 1.54) is 16.7 Å². The number of aromatic nitrogens is 1. The first-order valence-electron chi connectivity index (χ1n) is 12.2. The summed E-state index contributed by atoms with van der Waals surface area (Å²) in [4.78, 5) is 43.0. The summed E-state index contributed by atoms with van der Waals surface area (Å²) in [7, 11) is 0. The molecule has 0 spiro atoms. The maximum absolute atomic E-state index is 13.4. The maximum Gasteiger partial charge on any atom is 0.310 e. The van der Waals surface area contributed by atoms with E-state index in [-0.39, 0.29) is 28.9 Å². The summed E-state index contributed by atoms with van der Waals surface area (Å²) in [5.74, 6) is -0.166. The minimum atomic E-state index is -0.354. The van der Waals surface area contributed by atoms with Gasteiger partial charge in [0.15, 0.2) is 0 Å². The fraction of sp³-hybridized carbons (Fsp3) is 0.500. The Hall–Kier alpha value is -2.90. The van der Waals surface area contributed by atoms with E-state index < -0.39 is 0 Å². The zero-order valence-corrected chi connectivity index (χ0v) is 22.7. The molecular formula is C26H32N4O4S2. The Bertz CT molecular complexity index is 1200. The molecule has 36 heavy (non-hydrogen) atoms. The Kier molecular flexibility index (Phi) is 9.51. The lowest BCUT2D eigenvalue weighted by Crippen LogP contribution is -2.43. The van der Waals surface area contributed by atoms with Crippen LogP contribution in [-0.4, -0.2) is 51.9 Å². The molecule has 8 nitrogen and oxygen atoms in total. The zero-order valence-electron chi connectivity index (χ0n) is 21.0. The summed E-state index contributed by atoms with van der Waals surface area (Å²) in [5.41, 5.74) is 0.845. The molecule has 1 atom stereocenters. The second kappa shape index (κ2) is 12.4. The largest absolute Gasteiger partial charge is 0.466 e. The predicted molar refractivity (Wildman–Crippen MR) is 147 cm³/mol. The monoisotopic (exact) mass is 528 g/mol. The van der Waals surface area contributed by atoms with Crippen LogP contribution >= 0.6 is 24.0 Å². The number of nitrogens with zero attached hydrogens (tertiary/aromatic N) is 4. The topological polar surface area (TPSA) is 95.6 Å². The Morgan fingerprint density at radius 2 is 2.11 bits per heavy atom. The molecule has 10 heteroatoms. The first-order chi connectivity index (χ1) is 17.3. The lowest BCUT2D eigenvalue weighted by molar-refractivity contribution is -0.148. The number of amides is 1. The number of hydrogen-bond donors (Lipinski definition) is 0. The molecule has 3 heterocycles. The molecule has 0 N–H and O–H groups in total. The minimum absolute atomic E-state index is 0.0571. The van der Waals surface area contributed by atoms with Gasteiger partial charge in [0.2, 0.25) is 0 Å². The predicted octanol–water partition coefficient (Wildman–Crippen LogP) is 4.00. The average molecular weight is 529 g/mol. The fourth-order valence-electron chi connectivity index (χ4n) is 4.55. The molecule has 0 bridgehead atoms. The smallest absolute Gasteiger partial charge is 0.310 e. The van der Waals surface area contributed by atoms with Crippen molar-refractivity contribution in [2.75, 3.05) is 31.1 Å². The highest BCUT2D eigenvalue weighted by Gasteiger charge is 2.34. The minimum Gasteiger partial charge on any atom is -0.466 e. The number of ether oxygens (including phenoxy) is 1. The molecule has 3 rings (SSSR count). The number of unbranched alkanes of at least 4 members (excludes halogenated alkanes) is 1. The number of rotatable bonds is 9. The van der Waals surface area contributed by atoms with Crippen molar-refractivity contribution < 1.29 is 14.3 Å². The lowest BCUT2D eigenvalue weighted by atomic mass is 9.96. The molecule has 0 radical (unpaired) electrons. The molecule has 2 fully saturated rings. The van der Waals surface area contributed by atoms with Crippen LogP contribution in [0.4, 0.5) is 5.82 Å². The molecule has 2 saturated heterocycles. The van der Waals surface area contributed by atoms with Crippen molar-refractivity contribution in [2.45, 2.75) is 53.0 Å². The van der Waals surface area contributed by atoms with Crippen LogP contribution < -0.4 is 10.5 Å². The van der Waals surface area contributed by atoms with Gasteiger partial charge in [-0.3, -0.25) is 23.9 Å².